The molecular weight excluding hydrogens is 364 g/mol. The van der Waals surface area contributed by atoms with Gasteiger partial charge in [-0.1, -0.05) is 42.5 Å². The van der Waals surface area contributed by atoms with Gasteiger partial charge in [-0.15, -0.1) is 0 Å². The molecule has 146 valence electrons. The standard InChI is InChI=1S/C24H22N2O3/c1-27-18-12-10-16(11-13-18)24-26-22(20-8-3-4-9-23(20)29-24)15-21(25-26)17-6-5-7-19(14-17)28-2/h3-15,22,24-25H,1-2H3/t22-,24+/m1/s1. The lowest BCUT2D eigenvalue weighted by Gasteiger charge is -2.39. The van der Waals surface area contributed by atoms with E-state index in [1.54, 1.807) is 14.2 Å². The van der Waals surface area contributed by atoms with Crippen LogP contribution in [-0.4, -0.2) is 19.2 Å². The number of fused-ring (bicyclic) bond motifs is 3. The second-order valence-corrected chi connectivity index (χ2v) is 7.06. The number of nitrogens with zero attached hydrogens (tertiary/aromatic N) is 1. The molecular formula is C24H22N2O3. The third-order valence-electron chi connectivity index (χ3n) is 5.38. The SMILES string of the molecule is COc1ccc([C@@H]2Oc3ccccc3[C@H]3C=C(c4cccc(OC)c4)NN32)cc1. The van der Waals surface area contributed by atoms with Crippen LogP contribution in [0.1, 0.15) is 29.0 Å². The van der Waals surface area contributed by atoms with Gasteiger partial charge in [-0.3, -0.25) is 0 Å². The van der Waals surface area contributed by atoms with E-state index >= 15 is 0 Å². The lowest BCUT2D eigenvalue weighted by atomic mass is 10.0. The second kappa shape index (κ2) is 7.18. The first-order valence-corrected chi connectivity index (χ1v) is 9.57. The number of para-hydroxylation sites is 1. The van der Waals surface area contributed by atoms with Gasteiger partial charge in [0.1, 0.15) is 17.2 Å². The molecule has 0 aliphatic carbocycles. The zero-order chi connectivity index (χ0) is 19.8. The molecule has 0 bridgehead atoms. The van der Waals surface area contributed by atoms with Gasteiger partial charge in [-0.2, -0.15) is 5.01 Å². The average molecular weight is 386 g/mol. The monoisotopic (exact) mass is 386 g/mol. The molecule has 2 aliphatic heterocycles. The molecule has 2 atom stereocenters. The Morgan fingerprint density at radius 2 is 1.66 bits per heavy atom. The average Bonchev–Trinajstić information content (AvgIpc) is 3.24. The molecule has 0 amide bonds. The Kier molecular flexibility index (Phi) is 4.37. The second-order valence-electron chi connectivity index (χ2n) is 7.06. The highest BCUT2D eigenvalue weighted by atomic mass is 16.5. The molecule has 0 unspecified atom stereocenters. The molecule has 3 aromatic rings. The highest BCUT2D eigenvalue weighted by Gasteiger charge is 2.40. The van der Waals surface area contributed by atoms with Crippen molar-refractivity contribution >= 4 is 5.70 Å². The van der Waals surface area contributed by atoms with Crippen molar-refractivity contribution in [3.63, 3.8) is 0 Å². The predicted octanol–water partition coefficient (Wildman–Crippen LogP) is 4.70. The van der Waals surface area contributed by atoms with Crippen LogP contribution >= 0.6 is 0 Å². The highest BCUT2D eigenvalue weighted by molar-refractivity contribution is 5.68. The van der Waals surface area contributed by atoms with E-state index in [1.807, 2.05) is 60.7 Å². The van der Waals surface area contributed by atoms with Gasteiger partial charge < -0.3 is 19.6 Å². The zero-order valence-corrected chi connectivity index (χ0v) is 16.3. The van der Waals surface area contributed by atoms with Crippen molar-refractivity contribution < 1.29 is 14.2 Å². The predicted molar refractivity (Wildman–Crippen MR) is 111 cm³/mol. The van der Waals surface area contributed by atoms with Crippen LogP contribution in [0, 0.1) is 0 Å². The molecule has 3 aromatic carbocycles. The van der Waals surface area contributed by atoms with E-state index in [1.165, 1.54) is 0 Å². The number of hydrazine groups is 1. The van der Waals surface area contributed by atoms with Gasteiger partial charge in [0.15, 0.2) is 6.23 Å². The summed E-state index contributed by atoms with van der Waals surface area (Å²) in [6, 6.07) is 24.3. The van der Waals surface area contributed by atoms with E-state index in [0.29, 0.717) is 0 Å². The fourth-order valence-electron chi connectivity index (χ4n) is 3.89. The van der Waals surface area contributed by atoms with E-state index in [4.69, 9.17) is 14.2 Å². The third-order valence-corrected chi connectivity index (χ3v) is 5.38. The number of rotatable bonds is 4. The molecule has 2 aliphatic rings. The molecule has 5 nitrogen and oxygen atoms in total. The summed E-state index contributed by atoms with van der Waals surface area (Å²) in [7, 11) is 3.35. The van der Waals surface area contributed by atoms with Crippen molar-refractivity contribution in [1.29, 1.82) is 0 Å². The van der Waals surface area contributed by atoms with E-state index < -0.39 is 0 Å². The first kappa shape index (κ1) is 17.6. The molecule has 0 radical (unpaired) electrons. The van der Waals surface area contributed by atoms with E-state index in [9.17, 15) is 0 Å². The molecule has 0 saturated heterocycles. The van der Waals surface area contributed by atoms with Crippen LogP contribution < -0.4 is 19.6 Å². The van der Waals surface area contributed by atoms with Gasteiger partial charge in [0.2, 0.25) is 0 Å². The molecule has 5 rings (SSSR count). The minimum atomic E-state index is -0.264. The van der Waals surface area contributed by atoms with E-state index in [0.717, 1.165) is 39.6 Å². The molecule has 29 heavy (non-hydrogen) atoms. The van der Waals surface area contributed by atoms with Gasteiger partial charge in [0.05, 0.1) is 26.0 Å². The number of ether oxygens (including phenoxy) is 3. The zero-order valence-electron chi connectivity index (χ0n) is 16.3. The molecule has 0 aromatic heterocycles. The molecule has 0 saturated carbocycles. The Hall–Kier alpha value is -3.44. The van der Waals surface area contributed by atoms with Crippen molar-refractivity contribution in [3.8, 4) is 17.2 Å². The fraction of sp³-hybridized carbons (Fsp3) is 0.167. The maximum Gasteiger partial charge on any atom is 0.195 e. The summed E-state index contributed by atoms with van der Waals surface area (Å²) in [5.74, 6) is 2.56. The van der Waals surface area contributed by atoms with Crippen molar-refractivity contribution in [2.45, 2.75) is 12.3 Å². The van der Waals surface area contributed by atoms with Crippen molar-refractivity contribution in [1.82, 2.24) is 10.4 Å². The minimum Gasteiger partial charge on any atom is -0.497 e. The van der Waals surface area contributed by atoms with Crippen molar-refractivity contribution in [3.05, 3.63) is 95.6 Å². The molecule has 5 heteroatoms. The third kappa shape index (κ3) is 3.09. The Morgan fingerprint density at radius 1 is 0.862 bits per heavy atom. The molecule has 2 heterocycles. The number of benzene rings is 3. The number of nitrogens with one attached hydrogen (secondary N) is 1. The van der Waals surface area contributed by atoms with Gasteiger partial charge in [-0.05, 0) is 36.4 Å². The largest absolute Gasteiger partial charge is 0.497 e. The molecule has 0 spiro atoms. The van der Waals surface area contributed by atoms with Gasteiger partial charge in [-0.25, -0.2) is 0 Å². The highest BCUT2D eigenvalue weighted by Crippen LogP contribution is 2.46. The van der Waals surface area contributed by atoms with Gasteiger partial charge in [0, 0.05) is 16.7 Å². The van der Waals surface area contributed by atoms with Crippen molar-refractivity contribution in [2.24, 2.45) is 0 Å². The number of methoxy groups -OCH3 is 2. The maximum absolute atomic E-state index is 6.40. The van der Waals surface area contributed by atoms with Crippen LogP contribution in [0.2, 0.25) is 0 Å². The first-order chi connectivity index (χ1) is 14.3. The van der Waals surface area contributed by atoms with Crippen LogP contribution in [0.15, 0.2) is 78.9 Å². The Balaban J connectivity index is 1.55. The summed E-state index contributed by atoms with van der Waals surface area (Å²) >= 11 is 0. The molecule has 0 fully saturated rings. The lowest BCUT2D eigenvalue weighted by molar-refractivity contribution is -0.0326. The fourth-order valence-corrected chi connectivity index (χ4v) is 3.89. The first-order valence-electron chi connectivity index (χ1n) is 9.57. The summed E-state index contributed by atoms with van der Waals surface area (Å²) in [4.78, 5) is 0. The smallest absolute Gasteiger partial charge is 0.195 e. The van der Waals surface area contributed by atoms with Gasteiger partial charge in [0.25, 0.3) is 0 Å². The van der Waals surface area contributed by atoms with Crippen LogP contribution in [0.3, 0.4) is 0 Å². The quantitative estimate of drug-likeness (QED) is 0.704. The summed E-state index contributed by atoms with van der Waals surface area (Å²) in [6.07, 6.45) is 1.98. The minimum absolute atomic E-state index is 0.0632. The summed E-state index contributed by atoms with van der Waals surface area (Å²) in [5, 5.41) is 2.15. The van der Waals surface area contributed by atoms with E-state index in [-0.39, 0.29) is 12.3 Å². The molecule has 1 N–H and O–H groups in total. The Labute approximate surface area is 170 Å². The van der Waals surface area contributed by atoms with Crippen LogP contribution in [-0.2, 0) is 0 Å². The Morgan fingerprint density at radius 3 is 2.45 bits per heavy atom. The number of hydrogen-bond donors (Lipinski definition) is 1. The Bertz CT molecular complexity index is 1060. The number of hydrogen-bond acceptors (Lipinski definition) is 5. The summed E-state index contributed by atoms with van der Waals surface area (Å²) in [6.45, 7) is 0. The lowest BCUT2D eigenvalue weighted by Crippen LogP contribution is -2.43. The maximum atomic E-state index is 6.40. The van der Waals surface area contributed by atoms with Gasteiger partial charge >= 0.3 is 0 Å². The van der Waals surface area contributed by atoms with Crippen molar-refractivity contribution in [2.75, 3.05) is 14.2 Å². The summed E-state index contributed by atoms with van der Waals surface area (Å²) < 4.78 is 17.1. The van der Waals surface area contributed by atoms with Crippen LogP contribution in [0.4, 0.5) is 0 Å². The van der Waals surface area contributed by atoms with Crippen LogP contribution in [0.25, 0.3) is 5.70 Å². The normalized spacial score (nSPS) is 20.0. The van der Waals surface area contributed by atoms with Crippen LogP contribution in [0.5, 0.6) is 17.2 Å². The topological polar surface area (TPSA) is 43.0 Å². The summed E-state index contributed by atoms with van der Waals surface area (Å²) in [5.41, 5.74) is 7.87. The van der Waals surface area contributed by atoms with E-state index in [2.05, 4.69) is 28.6 Å².